The van der Waals surface area contributed by atoms with Gasteiger partial charge in [0.2, 0.25) is 0 Å². The summed E-state index contributed by atoms with van der Waals surface area (Å²) in [4.78, 5) is 38.4. The lowest BCUT2D eigenvalue weighted by Crippen LogP contribution is -2.30. The summed E-state index contributed by atoms with van der Waals surface area (Å²) in [6, 6.07) is 0. The molecular formula is C73H140O6. The van der Waals surface area contributed by atoms with Crippen LogP contribution in [-0.2, 0) is 28.6 Å². The molecule has 0 aliphatic carbocycles. The minimum Gasteiger partial charge on any atom is -0.462 e. The van der Waals surface area contributed by atoms with Crippen LogP contribution in [0.25, 0.3) is 0 Å². The Bertz CT molecular complexity index is 1230. The molecule has 0 aliphatic heterocycles. The van der Waals surface area contributed by atoms with Gasteiger partial charge in [0.05, 0.1) is 0 Å². The van der Waals surface area contributed by atoms with Crippen LogP contribution in [0.4, 0.5) is 0 Å². The quantitative estimate of drug-likeness (QED) is 0.0261. The molecule has 0 aromatic rings. The molecule has 0 fully saturated rings. The van der Waals surface area contributed by atoms with Crippen LogP contribution < -0.4 is 0 Å². The van der Waals surface area contributed by atoms with Gasteiger partial charge >= 0.3 is 17.9 Å². The molecule has 1 unspecified atom stereocenters. The number of esters is 3. The van der Waals surface area contributed by atoms with Gasteiger partial charge in [0.1, 0.15) is 13.2 Å². The second-order valence-corrected chi connectivity index (χ2v) is 24.9. The molecule has 79 heavy (non-hydrogen) atoms. The van der Waals surface area contributed by atoms with Gasteiger partial charge in [0.25, 0.3) is 0 Å². The highest BCUT2D eigenvalue weighted by atomic mass is 16.6. The number of unbranched alkanes of at least 4 members (excludes halogenated alkanes) is 55. The third-order valence-corrected chi connectivity index (χ3v) is 16.8. The molecule has 0 aliphatic rings. The Morgan fingerprint density at radius 3 is 0.633 bits per heavy atom. The maximum atomic E-state index is 13.0. The SMILES string of the molecule is CCCCCCCCCC/C=C\CCCCCCCCCCCCCCCCCC(=O)OCC(COC(=O)CCCCCCCCCCCCCCC)OC(=O)CCCCCCCCCCCCCCCCCCCCCCC. The van der Waals surface area contributed by atoms with Gasteiger partial charge in [-0.05, 0) is 44.9 Å². The van der Waals surface area contributed by atoms with E-state index in [1.165, 1.54) is 321 Å². The fraction of sp³-hybridized carbons (Fsp3) is 0.932. The number of ether oxygens (including phenoxy) is 3. The molecule has 0 spiro atoms. The van der Waals surface area contributed by atoms with E-state index >= 15 is 0 Å². The van der Waals surface area contributed by atoms with Gasteiger partial charge < -0.3 is 14.2 Å². The van der Waals surface area contributed by atoms with Crippen molar-refractivity contribution in [1.29, 1.82) is 0 Å². The van der Waals surface area contributed by atoms with Gasteiger partial charge in [-0.2, -0.15) is 0 Å². The Hall–Kier alpha value is -1.85. The van der Waals surface area contributed by atoms with Crippen molar-refractivity contribution in [3.8, 4) is 0 Å². The predicted molar refractivity (Wildman–Crippen MR) is 344 cm³/mol. The number of carbonyl (C=O) groups is 3. The largest absolute Gasteiger partial charge is 0.462 e. The van der Waals surface area contributed by atoms with E-state index in [1.54, 1.807) is 0 Å². The van der Waals surface area contributed by atoms with E-state index in [1.807, 2.05) is 0 Å². The molecule has 468 valence electrons. The monoisotopic (exact) mass is 1110 g/mol. The third-order valence-electron chi connectivity index (χ3n) is 16.8. The second-order valence-electron chi connectivity index (χ2n) is 24.9. The minimum atomic E-state index is -0.765. The lowest BCUT2D eigenvalue weighted by atomic mass is 10.0. The lowest BCUT2D eigenvalue weighted by Gasteiger charge is -2.18. The van der Waals surface area contributed by atoms with Crippen molar-refractivity contribution >= 4 is 17.9 Å². The average Bonchev–Trinajstić information content (AvgIpc) is 3.45. The Morgan fingerprint density at radius 1 is 0.241 bits per heavy atom. The molecule has 1 atom stereocenters. The van der Waals surface area contributed by atoms with Crippen molar-refractivity contribution in [2.75, 3.05) is 13.2 Å². The van der Waals surface area contributed by atoms with Crippen molar-refractivity contribution in [2.24, 2.45) is 0 Å². The number of allylic oxidation sites excluding steroid dienone is 2. The summed E-state index contributed by atoms with van der Waals surface area (Å²) in [7, 11) is 0. The summed E-state index contributed by atoms with van der Waals surface area (Å²) in [5, 5.41) is 0. The van der Waals surface area contributed by atoms with Gasteiger partial charge in [-0.25, -0.2) is 0 Å². The Balaban J connectivity index is 4.18. The van der Waals surface area contributed by atoms with E-state index in [0.717, 1.165) is 57.8 Å². The van der Waals surface area contributed by atoms with Gasteiger partial charge in [-0.15, -0.1) is 0 Å². The minimum absolute atomic E-state index is 0.0622. The first-order valence-electron chi connectivity index (χ1n) is 36.2. The zero-order chi connectivity index (χ0) is 57.1. The molecule has 0 rings (SSSR count). The maximum Gasteiger partial charge on any atom is 0.306 e. The number of hydrogen-bond acceptors (Lipinski definition) is 6. The summed E-state index contributed by atoms with van der Waals surface area (Å²) in [6.45, 7) is 6.73. The number of hydrogen-bond donors (Lipinski definition) is 0. The van der Waals surface area contributed by atoms with Crippen molar-refractivity contribution in [3.05, 3.63) is 12.2 Å². The molecule has 6 heteroatoms. The molecular weight excluding hydrogens is 973 g/mol. The van der Waals surface area contributed by atoms with Crippen LogP contribution in [0.2, 0.25) is 0 Å². The number of carbonyl (C=O) groups excluding carboxylic acids is 3. The average molecular weight is 1110 g/mol. The van der Waals surface area contributed by atoms with Crippen LogP contribution in [-0.4, -0.2) is 37.2 Å². The Labute approximate surface area is 494 Å². The van der Waals surface area contributed by atoms with Gasteiger partial charge in [-0.3, -0.25) is 14.4 Å². The maximum absolute atomic E-state index is 13.0. The first kappa shape index (κ1) is 77.2. The fourth-order valence-electron chi connectivity index (χ4n) is 11.3. The summed E-state index contributed by atoms with van der Waals surface area (Å²) < 4.78 is 17.0. The van der Waals surface area contributed by atoms with Crippen LogP contribution in [0, 0.1) is 0 Å². The molecule has 0 N–H and O–H groups in total. The highest BCUT2D eigenvalue weighted by molar-refractivity contribution is 5.71. The highest BCUT2D eigenvalue weighted by Crippen LogP contribution is 2.19. The lowest BCUT2D eigenvalue weighted by molar-refractivity contribution is -0.167. The van der Waals surface area contributed by atoms with Crippen molar-refractivity contribution in [2.45, 2.75) is 425 Å². The van der Waals surface area contributed by atoms with Gasteiger partial charge in [-0.1, -0.05) is 367 Å². The molecule has 0 heterocycles. The standard InChI is InChI=1S/C73H140O6/c1-4-7-10-13-16-19-22-25-27-29-31-33-34-35-36-37-38-40-41-43-45-48-51-54-57-60-63-66-72(75)78-69-70(68-77-71(74)65-62-59-56-53-50-47-24-21-18-15-12-9-6-3)79-73(76)67-64-61-58-55-52-49-46-44-42-39-32-30-28-26-23-20-17-14-11-8-5-2/h29,31,70H,4-28,30,32-69H2,1-3H3/b31-29-. The fourth-order valence-corrected chi connectivity index (χ4v) is 11.3. The topological polar surface area (TPSA) is 78.9 Å². The van der Waals surface area contributed by atoms with Crippen LogP contribution in [0.3, 0.4) is 0 Å². The summed E-state index contributed by atoms with van der Waals surface area (Å²) in [5.74, 6) is -0.825. The molecule has 0 saturated carbocycles. The van der Waals surface area contributed by atoms with Crippen LogP contribution in [0.1, 0.15) is 419 Å². The molecule has 0 radical (unpaired) electrons. The smallest absolute Gasteiger partial charge is 0.306 e. The van der Waals surface area contributed by atoms with Crippen molar-refractivity contribution < 1.29 is 28.6 Å². The summed E-state index contributed by atoms with van der Waals surface area (Å²) in [5.41, 5.74) is 0. The predicted octanol–water partition coefficient (Wildman–Crippen LogP) is 24.8. The van der Waals surface area contributed by atoms with E-state index in [2.05, 4.69) is 32.9 Å². The van der Waals surface area contributed by atoms with E-state index in [-0.39, 0.29) is 31.1 Å². The summed E-state index contributed by atoms with van der Waals surface area (Å²) >= 11 is 0. The van der Waals surface area contributed by atoms with E-state index < -0.39 is 6.10 Å². The Kier molecular flexibility index (Phi) is 67.0. The molecule has 0 saturated heterocycles. The first-order chi connectivity index (χ1) is 39.0. The second kappa shape index (κ2) is 68.6. The third kappa shape index (κ3) is 66.8. The molecule has 6 nitrogen and oxygen atoms in total. The van der Waals surface area contributed by atoms with Gasteiger partial charge in [0.15, 0.2) is 6.10 Å². The van der Waals surface area contributed by atoms with E-state index in [4.69, 9.17) is 14.2 Å². The van der Waals surface area contributed by atoms with Crippen LogP contribution in [0.5, 0.6) is 0 Å². The normalized spacial score (nSPS) is 12.0. The van der Waals surface area contributed by atoms with Crippen LogP contribution in [0.15, 0.2) is 12.2 Å². The highest BCUT2D eigenvalue weighted by Gasteiger charge is 2.20. The first-order valence-corrected chi connectivity index (χ1v) is 36.2. The zero-order valence-electron chi connectivity index (χ0n) is 53.9. The molecule has 0 aromatic heterocycles. The molecule has 0 aromatic carbocycles. The summed E-state index contributed by atoms with van der Waals surface area (Å²) in [6.07, 6.45) is 82.5. The van der Waals surface area contributed by atoms with Crippen molar-refractivity contribution in [1.82, 2.24) is 0 Å². The molecule has 0 bridgehead atoms. The van der Waals surface area contributed by atoms with E-state index in [0.29, 0.717) is 19.3 Å². The zero-order valence-corrected chi connectivity index (χ0v) is 53.9. The van der Waals surface area contributed by atoms with E-state index in [9.17, 15) is 14.4 Å². The number of rotatable bonds is 68. The van der Waals surface area contributed by atoms with Crippen LogP contribution >= 0.6 is 0 Å². The van der Waals surface area contributed by atoms with Crippen molar-refractivity contribution in [3.63, 3.8) is 0 Å². The molecule has 0 amide bonds. The Morgan fingerprint density at radius 2 is 0.418 bits per heavy atom. The van der Waals surface area contributed by atoms with Gasteiger partial charge in [0, 0.05) is 19.3 Å².